The number of rotatable bonds is 2. The third-order valence-corrected chi connectivity index (χ3v) is 2.05. The van der Waals surface area contributed by atoms with Crippen molar-refractivity contribution >= 4 is 21.7 Å². The van der Waals surface area contributed by atoms with Crippen LogP contribution in [0, 0.1) is 11.6 Å². The van der Waals surface area contributed by atoms with E-state index in [1.807, 2.05) is 0 Å². The van der Waals surface area contributed by atoms with Gasteiger partial charge in [-0.05, 0) is 19.1 Å². The van der Waals surface area contributed by atoms with Crippen molar-refractivity contribution in [1.82, 2.24) is 0 Å². The number of hydrogen-bond acceptors (Lipinski definition) is 2. The van der Waals surface area contributed by atoms with E-state index >= 15 is 0 Å². The number of benzene rings is 1. The monoisotopic (exact) mass is 276 g/mol. The zero-order valence-corrected chi connectivity index (χ0v) is 9.31. The van der Waals surface area contributed by atoms with Crippen LogP contribution in [0.2, 0.25) is 0 Å². The summed E-state index contributed by atoms with van der Waals surface area (Å²) in [5, 5.41) is 8.81. The van der Waals surface area contributed by atoms with Crippen molar-refractivity contribution in [2.24, 2.45) is 0 Å². The lowest BCUT2D eigenvalue weighted by atomic mass is 10.1. The largest absolute Gasteiger partial charge is 0.512 e. The Morgan fingerprint density at radius 1 is 1.40 bits per heavy atom. The smallest absolute Gasteiger partial charge is 0.195 e. The Labute approximate surface area is 93.4 Å². The maximum Gasteiger partial charge on any atom is 0.195 e. The zero-order valence-electron chi connectivity index (χ0n) is 7.72. The molecule has 0 fully saturated rings. The normalized spacial score (nSPS) is 11.6. The second kappa shape index (κ2) is 4.53. The highest BCUT2D eigenvalue weighted by Gasteiger charge is 2.16. The number of halogens is 3. The second-order valence-electron chi connectivity index (χ2n) is 2.89. The van der Waals surface area contributed by atoms with Crippen LogP contribution < -0.4 is 0 Å². The molecule has 1 rings (SSSR count). The summed E-state index contributed by atoms with van der Waals surface area (Å²) in [6.45, 7) is 1.24. The Bertz CT molecular complexity index is 414. The average Bonchev–Trinajstić information content (AvgIpc) is 1.99. The summed E-state index contributed by atoms with van der Waals surface area (Å²) < 4.78 is 26.6. The Morgan fingerprint density at radius 2 is 1.87 bits per heavy atom. The minimum Gasteiger partial charge on any atom is -0.512 e. The molecule has 0 saturated carbocycles. The van der Waals surface area contributed by atoms with Gasteiger partial charge < -0.3 is 5.11 Å². The van der Waals surface area contributed by atoms with Crippen LogP contribution in [-0.2, 0) is 0 Å². The van der Waals surface area contributed by atoms with Gasteiger partial charge in [0.1, 0.15) is 11.6 Å². The van der Waals surface area contributed by atoms with Crippen LogP contribution in [-0.4, -0.2) is 10.9 Å². The van der Waals surface area contributed by atoms with E-state index in [0.717, 1.165) is 18.2 Å². The molecule has 0 radical (unpaired) electrons. The summed E-state index contributed by atoms with van der Waals surface area (Å²) in [5.74, 6) is -3.15. The minimum absolute atomic E-state index is 0.207. The van der Waals surface area contributed by atoms with Crippen molar-refractivity contribution in [1.29, 1.82) is 0 Å². The lowest BCUT2D eigenvalue weighted by Gasteiger charge is -2.01. The maximum atomic E-state index is 13.2. The van der Waals surface area contributed by atoms with Crippen LogP contribution in [0.3, 0.4) is 0 Å². The molecule has 5 heteroatoms. The molecule has 0 aliphatic carbocycles. The molecule has 0 aromatic heterocycles. The van der Waals surface area contributed by atoms with Gasteiger partial charge in [-0.2, -0.15) is 0 Å². The lowest BCUT2D eigenvalue weighted by molar-refractivity contribution is 0.103. The van der Waals surface area contributed by atoms with Crippen LogP contribution in [0.15, 0.2) is 28.4 Å². The number of carbonyl (C=O) groups excluding carboxylic acids is 1. The van der Waals surface area contributed by atoms with Gasteiger partial charge >= 0.3 is 0 Å². The van der Waals surface area contributed by atoms with E-state index in [-0.39, 0.29) is 10.2 Å². The quantitative estimate of drug-likeness (QED) is 0.511. The van der Waals surface area contributed by atoms with Gasteiger partial charge in [0.2, 0.25) is 0 Å². The molecule has 1 aromatic rings. The van der Waals surface area contributed by atoms with E-state index in [1.54, 1.807) is 0 Å². The average molecular weight is 277 g/mol. The highest BCUT2D eigenvalue weighted by Crippen LogP contribution is 2.20. The van der Waals surface area contributed by atoms with Gasteiger partial charge in [-0.1, -0.05) is 15.9 Å². The molecule has 0 aliphatic heterocycles. The number of aliphatic hydroxyl groups is 1. The summed E-state index contributed by atoms with van der Waals surface area (Å²) in [6, 6.07) is 1.97. The summed E-state index contributed by atoms with van der Waals surface area (Å²) in [7, 11) is 0. The molecule has 2 nitrogen and oxygen atoms in total. The van der Waals surface area contributed by atoms with E-state index < -0.39 is 23.0 Å². The van der Waals surface area contributed by atoms with Crippen molar-refractivity contribution in [3.8, 4) is 0 Å². The number of aliphatic hydroxyl groups excluding tert-OH is 1. The molecule has 0 atom stereocenters. The highest BCUT2D eigenvalue weighted by molar-refractivity contribution is 9.10. The number of ketones is 1. The van der Waals surface area contributed by atoms with Crippen molar-refractivity contribution < 1.29 is 18.7 Å². The molecule has 0 amide bonds. The van der Waals surface area contributed by atoms with E-state index in [0.29, 0.717) is 0 Å². The second-order valence-corrected chi connectivity index (χ2v) is 3.81. The van der Waals surface area contributed by atoms with E-state index in [4.69, 9.17) is 5.11 Å². The van der Waals surface area contributed by atoms with Crippen LogP contribution in [0.5, 0.6) is 0 Å². The van der Waals surface area contributed by atoms with E-state index in [9.17, 15) is 13.6 Å². The van der Waals surface area contributed by atoms with Crippen LogP contribution in [0.1, 0.15) is 17.3 Å². The fraction of sp³-hybridized carbons (Fsp3) is 0.100. The summed E-state index contributed by atoms with van der Waals surface area (Å²) >= 11 is 2.89. The highest BCUT2D eigenvalue weighted by atomic mass is 79.9. The SMILES string of the molecule is C/C(O)=C/C(=O)c1c(F)cc(Br)cc1F. The minimum atomic E-state index is -0.968. The predicted molar refractivity (Wildman–Crippen MR) is 54.8 cm³/mol. The topological polar surface area (TPSA) is 37.3 Å². The van der Waals surface area contributed by atoms with Gasteiger partial charge in [0.25, 0.3) is 0 Å². The molecule has 0 unspecified atom stereocenters. The summed E-state index contributed by atoms with van der Waals surface area (Å²) in [6.07, 6.45) is 0.759. The maximum absolute atomic E-state index is 13.2. The molecular weight excluding hydrogens is 270 g/mol. The fourth-order valence-corrected chi connectivity index (χ4v) is 1.44. The summed E-state index contributed by atoms with van der Waals surface area (Å²) in [5.41, 5.74) is -0.674. The standard InChI is InChI=1S/C10H7BrF2O2/c1-5(14)2-9(15)10-7(12)3-6(11)4-8(10)13/h2-4,14H,1H3/b5-2-. The predicted octanol–water partition coefficient (Wildman–Crippen LogP) is 3.37. The third kappa shape index (κ3) is 2.86. The van der Waals surface area contributed by atoms with Gasteiger partial charge in [-0.15, -0.1) is 0 Å². The van der Waals surface area contributed by atoms with Crippen molar-refractivity contribution in [2.75, 3.05) is 0 Å². The van der Waals surface area contributed by atoms with Crippen molar-refractivity contribution in [3.05, 3.63) is 45.6 Å². The molecule has 0 bridgehead atoms. The molecular formula is C10H7BrF2O2. The Kier molecular flexibility index (Phi) is 3.57. The van der Waals surface area contributed by atoms with Gasteiger partial charge in [0, 0.05) is 10.5 Å². The lowest BCUT2D eigenvalue weighted by Crippen LogP contribution is -2.04. The molecule has 0 aliphatic rings. The van der Waals surface area contributed by atoms with Gasteiger partial charge in [-0.3, -0.25) is 4.79 Å². The number of hydrogen-bond donors (Lipinski definition) is 1. The summed E-state index contributed by atoms with van der Waals surface area (Å²) in [4.78, 5) is 11.3. The zero-order chi connectivity index (χ0) is 11.6. The van der Waals surface area contributed by atoms with Crippen LogP contribution in [0.4, 0.5) is 8.78 Å². The Hall–Kier alpha value is -1.23. The van der Waals surface area contributed by atoms with Gasteiger partial charge in [-0.25, -0.2) is 8.78 Å². The first-order chi connectivity index (χ1) is 6.91. The number of carbonyl (C=O) groups is 1. The van der Waals surface area contributed by atoms with Crippen LogP contribution >= 0.6 is 15.9 Å². The molecule has 80 valence electrons. The van der Waals surface area contributed by atoms with E-state index in [2.05, 4.69) is 15.9 Å². The molecule has 0 saturated heterocycles. The van der Waals surface area contributed by atoms with Crippen LogP contribution in [0.25, 0.3) is 0 Å². The molecule has 1 aromatic carbocycles. The molecule has 0 heterocycles. The third-order valence-electron chi connectivity index (χ3n) is 1.59. The molecule has 0 spiro atoms. The Morgan fingerprint density at radius 3 is 2.27 bits per heavy atom. The fourth-order valence-electron chi connectivity index (χ4n) is 1.04. The van der Waals surface area contributed by atoms with Gasteiger partial charge in [0.15, 0.2) is 5.78 Å². The van der Waals surface area contributed by atoms with Gasteiger partial charge in [0.05, 0.1) is 11.3 Å². The van der Waals surface area contributed by atoms with Crippen molar-refractivity contribution in [3.63, 3.8) is 0 Å². The van der Waals surface area contributed by atoms with Crippen molar-refractivity contribution in [2.45, 2.75) is 6.92 Å². The number of allylic oxidation sites excluding steroid dienone is 2. The first kappa shape index (κ1) is 11.8. The first-order valence-electron chi connectivity index (χ1n) is 3.98. The molecule has 1 N–H and O–H groups in total. The van der Waals surface area contributed by atoms with E-state index in [1.165, 1.54) is 6.92 Å². The molecule has 15 heavy (non-hydrogen) atoms. The first-order valence-corrected chi connectivity index (χ1v) is 4.77. The Balaban J connectivity index is 3.26.